The number of hydrogen-bond acceptors (Lipinski definition) is 3. The largest absolute Gasteiger partial charge is 0.489 e. The van der Waals surface area contributed by atoms with Gasteiger partial charge in [0.1, 0.15) is 12.4 Å². The van der Waals surface area contributed by atoms with Gasteiger partial charge >= 0.3 is 0 Å². The van der Waals surface area contributed by atoms with Gasteiger partial charge in [0, 0.05) is 12.1 Å². The quantitative estimate of drug-likeness (QED) is 0.549. The van der Waals surface area contributed by atoms with Crippen LogP contribution in [0, 0.1) is 0 Å². The van der Waals surface area contributed by atoms with Crippen molar-refractivity contribution >= 4 is 21.8 Å². The molecule has 146 valence electrons. The third kappa shape index (κ3) is 5.01. The highest BCUT2D eigenvalue weighted by atomic mass is 79.9. The summed E-state index contributed by atoms with van der Waals surface area (Å²) < 4.78 is 8.60. The third-order valence-electron chi connectivity index (χ3n) is 4.54. The molecule has 0 unspecified atom stereocenters. The van der Waals surface area contributed by atoms with Crippen LogP contribution in [0.2, 0.25) is 0 Å². The Morgan fingerprint density at radius 1 is 1.14 bits per heavy atom. The summed E-state index contributed by atoms with van der Waals surface area (Å²) in [6.07, 6.45) is 2.75. The van der Waals surface area contributed by atoms with Crippen molar-refractivity contribution in [1.29, 1.82) is 0 Å². The number of rotatable bonds is 8. The van der Waals surface area contributed by atoms with Crippen LogP contribution in [0.25, 0.3) is 0 Å². The van der Waals surface area contributed by atoms with E-state index < -0.39 is 0 Å². The molecule has 0 saturated carbocycles. The lowest BCUT2D eigenvalue weighted by molar-refractivity contribution is 0.0949. The van der Waals surface area contributed by atoms with E-state index in [2.05, 4.69) is 45.4 Å². The SMILES string of the molecule is CCc1ccc(OCc2cccc(C(=O)NCc3c(Br)cnn3CC)c2)cc1. The Morgan fingerprint density at radius 2 is 1.93 bits per heavy atom. The van der Waals surface area contributed by atoms with Crippen molar-refractivity contribution in [2.75, 3.05) is 0 Å². The van der Waals surface area contributed by atoms with Gasteiger partial charge in [-0.15, -0.1) is 0 Å². The fourth-order valence-electron chi connectivity index (χ4n) is 2.89. The molecule has 0 spiro atoms. The van der Waals surface area contributed by atoms with E-state index in [0.717, 1.165) is 34.4 Å². The van der Waals surface area contributed by atoms with Gasteiger partial charge in [-0.25, -0.2) is 0 Å². The summed E-state index contributed by atoms with van der Waals surface area (Å²) in [4.78, 5) is 12.6. The second kappa shape index (κ2) is 9.55. The molecule has 0 aliphatic carbocycles. The normalized spacial score (nSPS) is 10.7. The molecular weight excluding hydrogens is 418 g/mol. The van der Waals surface area contributed by atoms with Crippen LogP contribution in [0.4, 0.5) is 0 Å². The molecule has 0 aliphatic heterocycles. The number of benzene rings is 2. The Balaban J connectivity index is 1.60. The first-order valence-electron chi connectivity index (χ1n) is 9.39. The number of aryl methyl sites for hydroxylation is 2. The van der Waals surface area contributed by atoms with E-state index in [9.17, 15) is 4.79 Å². The number of halogens is 1. The van der Waals surface area contributed by atoms with Crippen LogP contribution in [0.5, 0.6) is 5.75 Å². The molecule has 6 heteroatoms. The lowest BCUT2D eigenvalue weighted by Crippen LogP contribution is -2.24. The summed E-state index contributed by atoms with van der Waals surface area (Å²) in [7, 11) is 0. The van der Waals surface area contributed by atoms with Crippen LogP contribution < -0.4 is 10.1 Å². The van der Waals surface area contributed by atoms with Gasteiger partial charge in [-0.1, -0.05) is 31.2 Å². The van der Waals surface area contributed by atoms with E-state index >= 15 is 0 Å². The number of ether oxygens (including phenoxy) is 1. The lowest BCUT2D eigenvalue weighted by Gasteiger charge is -2.10. The van der Waals surface area contributed by atoms with Gasteiger partial charge in [-0.2, -0.15) is 5.10 Å². The number of carbonyl (C=O) groups excluding carboxylic acids is 1. The fraction of sp³-hybridized carbons (Fsp3) is 0.273. The highest BCUT2D eigenvalue weighted by Crippen LogP contribution is 2.17. The molecule has 0 bridgehead atoms. The maximum Gasteiger partial charge on any atom is 0.251 e. The van der Waals surface area contributed by atoms with Gasteiger partial charge in [-0.3, -0.25) is 9.48 Å². The van der Waals surface area contributed by atoms with E-state index in [4.69, 9.17) is 4.74 Å². The molecule has 0 atom stereocenters. The maximum absolute atomic E-state index is 12.6. The first-order valence-corrected chi connectivity index (χ1v) is 10.2. The minimum atomic E-state index is -0.120. The van der Waals surface area contributed by atoms with E-state index in [1.165, 1.54) is 5.56 Å². The summed E-state index contributed by atoms with van der Waals surface area (Å²) in [6, 6.07) is 15.6. The van der Waals surface area contributed by atoms with Crippen LogP contribution in [0.3, 0.4) is 0 Å². The van der Waals surface area contributed by atoms with Crippen molar-refractivity contribution in [2.24, 2.45) is 0 Å². The minimum Gasteiger partial charge on any atom is -0.489 e. The second-order valence-electron chi connectivity index (χ2n) is 6.42. The lowest BCUT2D eigenvalue weighted by atomic mass is 10.1. The van der Waals surface area contributed by atoms with Gasteiger partial charge in [0.15, 0.2) is 0 Å². The number of nitrogens with one attached hydrogen (secondary N) is 1. The van der Waals surface area contributed by atoms with E-state index in [0.29, 0.717) is 18.7 Å². The zero-order chi connectivity index (χ0) is 19.9. The summed E-state index contributed by atoms with van der Waals surface area (Å²) in [5.41, 5.74) is 3.79. The molecule has 28 heavy (non-hydrogen) atoms. The second-order valence-corrected chi connectivity index (χ2v) is 7.28. The molecule has 0 fully saturated rings. The molecule has 1 amide bonds. The minimum absolute atomic E-state index is 0.120. The summed E-state index contributed by atoms with van der Waals surface area (Å²) in [6.45, 7) is 5.73. The monoisotopic (exact) mass is 441 g/mol. The highest BCUT2D eigenvalue weighted by Gasteiger charge is 2.11. The van der Waals surface area contributed by atoms with Crippen molar-refractivity contribution < 1.29 is 9.53 Å². The van der Waals surface area contributed by atoms with Gasteiger partial charge in [0.25, 0.3) is 5.91 Å². The Bertz CT molecular complexity index is 935. The summed E-state index contributed by atoms with van der Waals surface area (Å²) >= 11 is 3.48. The number of hydrogen-bond donors (Lipinski definition) is 1. The summed E-state index contributed by atoms with van der Waals surface area (Å²) in [5.74, 6) is 0.703. The number of amides is 1. The zero-order valence-electron chi connectivity index (χ0n) is 16.1. The van der Waals surface area contributed by atoms with E-state index in [1.54, 1.807) is 12.3 Å². The Kier molecular flexibility index (Phi) is 6.87. The van der Waals surface area contributed by atoms with Crippen molar-refractivity contribution in [3.05, 3.63) is 81.6 Å². The Labute approximate surface area is 173 Å². The molecule has 1 N–H and O–H groups in total. The van der Waals surface area contributed by atoms with Crippen LogP contribution in [-0.4, -0.2) is 15.7 Å². The molecule has 3 rings (SSSR count). The van der Waals surface area contributed by atoms with Crippen LogP contribution in [0.1, 0.15) is 41.0 Å². The molecule has 5 nitrogen and oxygen atoms in total. The Morgan fingerprint density at radius 3 is 2.64 bits per heavy atom. The van der Waals surface area contributed by atoms with Crippen molar-refractivity contribution in [1.82, 2.24) is 15.1 Å². The van der Waals surface area contributed by atoms with Gasteiger partial charge < -0.3 is 10.1 Å². The number of aromatic nitrogens is 2. The van der Waals surface area contributed by atoms with Gasteiger partial charge in [0.05, 0.1) is 22.9 Å². The first-order chi connectivity index (χ1) is 13.6. The molecule has 2 aromatic carbocycles. The first kappa shape index (κ1) is 20.1. The van der Waals surface area contributed by atoms with Crippen LogP contribution in [0.15, 0.2) is 59.2 Å². The fourth-order valence-corrected chi connectivity index (χ4v) is 3.33. The third-order valence-corrected chi connectivity index (χ3v) is 5.20. The average Bonchev–Trinajstić information content (AvgIpc) is 3.10. The highest BCUT2D eigenvalue weighted by molar-refractivity contribution is 9.10. The molecule has 3 aromatic rings. The predicted octanol–water partition coefficient (Wildman–Crippen LogP) is 4.74. The topological polar surface area (TPSA) is 56.1 Å². The molecule has 0 saturated heterocycles. The Hall–Kier alpha value is -2.60. The van der Waals surface area contributed by atoms with E-state index in [1.807, 2.05) is 41.9 Å². The van der Waals surface area contributed by atoms with Crippen molar-refractivity contribution in [2.45, 2.75) is 40.0 Å². The van der Waals surface area contributed by atoms with Crippen molar-refractivity contribution in [3.8, 4) is 5.75 Å². The molecule has 1 heterocycles. The van der Waals surface area contributed by atoms with Crippen molar-refractivity contribution in [3.63, 3.8) is 0 Å². The number of carbonyl (C=O) groups is 1. The molecule has 1 aromatic heterocycles. The summed E-state index contributed by atoms with van der Waals surface area (Å²) in [5, 5.41) is 7.22. The predicted molar refractivity (Wildman–Crippen MR) is 113 cm³/mol. The van der Waals surface area contributed by atoms with Gasteiger partial charge in [-0.05, 0) is 64.7 Å². The van der Waals surface area contributed by atoms with Crippen LogP contribution in [-0.2, 0) is 26.1 Å². The number of nitrogens with zero attached hydrogens (tertiary/aromatic N) is 2. The molecule has 0 aliphatic rings. The smallest absolute Gasteiger partial charge is 0.251 e. The molecule has 0 radical (unpaired) electrons. The molecular formula is C22H24BrN3O2. The standard InChI is InChI=1S/C22H24BrN3O2/c1-3-16-8-10-19(11-9-16)28-15-17-6-5-7-18(12-17)22(27)24-14-21-20(23)13-25-26(21)4-2/h5-13H,3-4,14-15H2,1-2H3,(H,24,27). The maximum atomic E-state index is 12.6. The average molecular weight is 442 g/mol. The van der Waals surface area contributed by atoms with Crippen LogP contribution >= 0.6 is 15.9 Å². The van der Waals surface area contributed by atoms with Gasteiger partial charge in [0.2, 0.25) is 0 Å². The zero-order valence-corrected chi connectivity index (χ0v) is 17.7. The van der Waals surface area contributed by atoms with E-state index in [-0.39, 0.29) is 5.91 Å².